The Hall–Kier alpha value is -2.60. The quantitative estimate of drug-likeness (QED) is 0.653. The van der Waals surface area contributed by atoms with E-state index in [1.165, 1.54) is 29.7 Å². The van der Waals surface area contributed by atoms with E-state index in [1.807, 2.05) is 24.5 Å². The van der Waals surface area contributed by atoms with Crippen molar-refractivity contribution >= 4 is 0 Å². The molecule has 0 bridgehead atoms. The third kappa shape index (κ3) is 4.33. The van der Waals surface area contributed by atoms with Gasteiger partial charge in [0.15, 0.2) is 0 Å². The summed E-state index contributed by atoms with van der Waals surface area (Å²) in [6.45, 7) is 4.29. The molecule has 1 N–H and O–H groups in total. The summed E-state index contributed by atoms with van der Waals surface area (Å²) in [6, 6.07) is 20.0. The Bertz CT molecular complexity index is 1010. The SMILES string of the molecule is OC[C@H]1[C@@H](c2ccc(-c3ccc(F)cc3)cc2)[C@H]2CN(Cc3ccncc3)CCCCN21. The van der Waals surface area contributed by atoms with Gasteiger partial charge < -0.3 is 5.11 Å². The van der Waals surface area contributed by atoms with Crippen molar-refractivity contribution in [2.45, 2.75) is 37.4 Å². The third-order valence-electron chi connectivity index (χ3n) is 7.08. The minimum atomic E-state index is -0.216. The Morgan fingerprint density at radius 3 is 2.22 bits per heavy atom. The molecule has 0 aliphatic carbocycles. The standard InChI is InChI=1S/C27H30FN3O/c28-24-9-7-22(8-10-24)21-3-5-23(6-4-21)27-25-18-30(17-20-11-13-29-14-12-20)15-1-2-16-31(25)26(27)19-32/h3-14,25-27,32H,1-2,15-19H2/t25-,26+,27+/m1/s1. The van der Waals surface area contributed by atoms with Gasteiger partial charge in [-0.25, -0.2) is 4.39 Å². The summed E-state index contributed by atoms with van der Waals surface area (Å²) in [5.74, 6) is 0.103. The van der Waals surface area contributed by atoms with Gasteiger partial charge in [0.25, 0.3) is 0 Å². The van der Waals surface area contributed by atoms with Gasteiger partial charge in [0, 0.05) is 43.5 Å². The molecule has 0 spiro atoms. The highest BCUT2D eigenvalue weighted by Gasteiger charge is 2.48. The summed E-state index contributed by atoms with van der Waals surface area (Å²) < 4.78 is 13.3. The summed E-state index contributed by atoms with van der Waals surface area (Å²) in [5.41, 5.74) is 4.68. The first-order chi connectivity index (χ1) is 15.7. The average Bonchev–Trinajstić information content (AvgIpc) is 2.81. The molecule has 0 saturated carbocycles. The van der Waals surface area contributed by atoms with Crippen molar-refractivity contribution in [3.8, 4) is 11.1 Å². The maximum Gasteiger partial charge on any atom is 0.123 e. The minimum absolute atomic E-state index is 0.178. The second-order valence-electron chi connectivity index (χ2n) is 9.01. The summed E-state index contributed by atoms with van der Waals surface area (Å²) in [4.78, 5) is 9.21. The molecule has 5 rings (SSSR count). The molecule has 5 heteroatoms. The van der Waals surface area contributed by atoms with Crippen LogP contribution in [0.5, 0.6) is 0 Å². The lowest BCUT2D eigenvalue weighted by Gasteiger charge is -2.57. The monoisotopic (exact) mass is 431 g/mol. The van der Waals surface area contributed by atoms with Crippen molar-refractivity contribution < 1.29 is 9.50 Å². The van der Waals surface area contributed by atoms with Crippen LogP contribution in [0.25, 0.3) is 11.1 Å². The Morgan fingerprint density at radius 1 is 0.875 bits per heavy atom. The summed E-state index contributed by atoms with van der Waals surface area (Å²) in [6.07, 6.45) is 6.07. The molecule has 166 valence electrons. The molecule has 2 saturated heterocycles. The van der Waals surface area contributed by atoms with Gasteiger partial charge in [-0.2, -0.15) is 0 Å². The van der Waals surface area contributed by atoms with Gasteiger partial charge in [-0.15, -0.1) is 0 Å². The number of aliphatic hydroxyl groups excluding tert-OH is 1. The highest BCUT2D eigenvalue weighted by atomic mass is 19.1. The smallest absolute Gasteiger partial charge is 0.123 e. The lowest BCUT2D eigenvalue weighted by Crippen LogP contribution is -2.67. The number of aliphatic hydroxyl groups is 1. The zero-order valence-corrected chi connectivity index (χ0v) is 18.3. The first-order valence-corrected chi connectivity index (χ1v) is 11.6. The van der Waals surface area contributed by atoms with Gasteiger partial charge >= 0.3 is 0 Å². The number of aromatic nitrogens is 1. The van der Waals surface area contributed by atoms with E-state index in [2.05, 4.69) is 51.2 Å². The second-order valence-corrected chi connectivity index (χ2v) is 9.01. The fraction of sp³-hybridized carbons (Fsp3) is 0.370. The summed E-state index contributed by atoms with van der Waals surface area (Å²) in [7, 11) is 0. The average molecular weight is 432 g/mol. The van der Waals surface area contributed by atoms with Crippen LogP contribution in [0.3, 0.4) is 0 Å². The summed E-state index contributed by atoms with van der Waals surface area (Å²) >= 11 is 0. The van der Waals surface area contributed by atoms with Crippen LogP contribution >= 0.6 is 0 Å². The molecule has 2 aliphatic heterocycles. The molecule has 2 aromatic carbocycles. The number of rotatable bonds is 5. The van der Waals surface area contributed by atoms with Crippen molar-refractivity contribution in [2.75, 3.05) is 26.2 Å². The molecule has 32 heavy (non-hydrogen) atoms. The highest BCUT2D eigenvalue weighted by Crippen LogP contribution is 2.42. The van der Waals surface area contributed by atoms with E-state index in [0.29, 0.717) is 12.0 Å². The van der Waals surface area contributed by atoms with Crippen molar-refractivity contribution in [3.05, 3.63) is 90.0 Å². The zero-order chi connectivity index (χ0) is 21.9. The lowest BCUT2D eigenvalue weighted by atomic mass is 9.74. The fourth-order valence-electron chi connectivity index (χ4n) is 5.44. The van der Waals surface area contributed by atoms with E-state index in [9.17, 15) is 9.50 Å². The first kappa shape index (κ1) is 21.3. The molecule has 0 amide bonds. The predicted molar refractivity (Wildman–Crippen MR) is 125 cm³/mol. The molecule has 3 heterocycles. The normalized spacial score (nSPS) is 24.2. The van der Waals surface area contributed by atoms with Crippen LogP contribution in [-0.4, -0.2) is 58.2 Å². The number of nitrogens with zero attached hydrogens (tertiary/aromatic N) is 3. The van der Waals surface area contributed by atoms with Crippen LogP contribution in [0.15, 0.2) is 73.1 Å². The van der Waals surface area contributed by atoms with Crippen molar-refractivity contribution in [2.24, 2.45) is 0 Å². The molecule has 0 radical (unpaired) electrons. The Balaban J connectivity index is 1.35. The van der Waals surface area contributed by atoms with E-state index in [4.69, 9.17) is 0 Å². The van der Waals surface area contributed by atoms with E-state index < -0.39 is 0 Å². The van der Waals surface area contributed by atoms with E-state index in [0.717, 1.165) is 43.7 Å². The molecule has 2 fully saturated rings. The molecular weight excluding hydrogens is 401 g/mol. The van der Waals surface area contributed by atoms with E-state index >= 15 is 0 Å². The van der Waals surface area contributed by atoms with Gasteiger partial charge in [-0.1, -0.05) is 36.4 Å². The van der Waals surface area contributed by atoms with Gasteiger partial charge in [-0.05, 0) is 72.5 Å². The van der Waals surface area contributed by atoms with E-state index in [1.54, 1.807) is 0 Å². The molecule has 4 nitrogen and oxygen atoms in total. The van der Waals surface area contributed by atoms with Gasteiger partial charge in [0.05, 0.1) is 6.61 Å². The van der Waals surface area contributed by atoms with Crippen LogP contribution in [0.2, 0.25) is 0 Å². The number of hydrogen-bond donors (Lipinski definition) is 1. The fourth-order valence-corrected chi connectivity index (χ4v) is 5.44. The highest BCUT2D eigenvalue weighted by molar-refractivity contribution is 5.63. The second kappa shape index (κ2) is 9.49. The third-order valence-corrected chi connectivity index (χ3v) is 7.08. The van der Waals surface area contributed by atoms with Crippen LogP contribution in [0, 0.1) is 5.82 Å². The molecule has 2 aliphatic rings. The van der Waals surface area contributed by atoms with Crippen LogP contribution in [0.4, 0.5) is 4.39 Å². The Labute approximate surface area is 189 Å². The van der Waals surface area contributed by atoms with Crippen LogP contribution in [0.1, 0.15) is 29.9 Å². The Morgan fingerprint density at radius 2 is 1.53 bits per heavy atom. The van der Waals surface area contributed by atoms with Crippen molar-refractivity contribution in [1.29, 1.82) is 0 Å². The number of pyridine rings is 1. The Kier molecular flexibility index (Phi) is 6.30. The predicted octanol–water partition coefficient (Wildman–Crippen LogP) is 4.31. The lowest BCUT2D eigenvalue weighted by molar-refractivity contribution is -0.0655. The van der Waals surface area contributed by atoms with Gasteiger partial charge in [-0.3, -0.25) is 14.8 Å². The minimum Gasteiger partial charge on any atom is -0.395 e. The van der Waals surface area contributed by atoms with Crippen molar-refractivity contribution in [1.82, 2.24) is 14.8 Å². The number of halogens is 1. The van der Waals surface area contributed by atoms with Gasteiger partial charge in [0.2, 0.25) is 0 Å². The van der Waals surface area contributed by atoms with Crippen LogP contribution in [-0.2, 0) is 6.54 Å². The number of fused-ring (bicyclic) bond motifs is 1. The molecule has 3 aromatic rings. The largest absolute Gasteiger partial charge is 0.395 e. The van der Waals surface area contributed by atoms with Crippen LogP contribution < -0.4 is 0 Å². The zero-order valence-electron chi connectivity index (χ0n) is 18.3. The maximum absolute atomic E-state index is 13.3. The topological polar surface area (TPSA) is 39.6 Å². The molecular formula is C27H30FN3O. The maximum atomic E-state index is 13.3. The van der Waals surface area contributed by atoms with Crippen molar-refractivity contribution in [3.63, 3.8) is 0 Å². The first-order valence-electron chi connectivity index (χ1n) is 11.6. The molecule has 3 atom stereocenters. The molecule has 1 aromatic heterocycles. The molecule has 0 unspecified atom stereocenters. The van der Waals surface area contributed by atoms with Gasteiger partial charge in [0.1, 0.15) is 5.82 Å². The number of benzene rings is 2. The summed E-state index contributed by atoms with van der Waals surface area (Å²) in [5, 5.41) is 10.2. The van der Waals surface area contributed by atoms with E-state index in [-0.39, 0.29) is 18.5 Å². The number of hydrogen-bond acceptors (Lipinski definition) is 4.